The molecule has 0 radical (unpaired) electrons. The molecule has 0 aliphatic rings. The van der Waals surface area contributed by atoms with Gasteiger partial charge in [0.05, 0.1) is 13.2 Å². The van der Waals surface area contributed by atoms with Gasteiger partial charge in [-0.25, -0.2) is 4.79 Å². The second-order valence-corrected chi connectivity index (χ2v) is 1.70. The first-order valence-corrected chi connectivity index (χ1v) is 3.28. The third kappa shape index (κ3) is 4.32. The molecule has 64 valence electrons. The fourth-order valence-electron chi connectivity index (χ4n) is 0.438. The smallest absolute Gasteiger partial charge is 0.396 e. The van der Waals surface area contributed by atoms with Gasteiger partial charge in [0.2, 0.25) is 0 Å². The predicted octanol–water partition coefficient (Wildman–Crippen LogP) is -1.34. The van der Waals surface area contributed by atoms with Gasteiger partial charge in [-0.05, 0) is 6.92 Å². The van der Waals surface area contributed by atoms with Crippen LogP contribution in [-0.4, -0.2) is 36.7 Å². The van der Waals surface area contributed by atoms with Crippen molar-refractivity contribution in [1.82, 2.24) is 5.32 Å². The highest BCUT2D eigenvalue weighted by Crippen LogP contribution is 1.76. The van der Waals surface area contributed by atoms with Crippen molar-refractivity contribution < 1.29 is 19.4 Å². The van der Waals surface area contributed by atoms with Crippen LogP contribution in [0.25, 0.3) is 0 Å². The van der Waals surface area contributed by atoms with Gasteiger partial charge in [0, 0.05) is 6.54 Å². The van der Waals surface area contributed by atoms with Gasteiger partial charge in [-0.3, -0.25) is 4.79 Å². The quantitative estimate of drug-likeness (QED) is 0.396. The zero-order valence-electron chi connectivity index (χ0n) is 6.29. The van der Waals surface area contributed by atoms with Crippen LogP contribution in [0.5, 0.6) is 0 Å². The number of carbonyl (C=O) groups is 2. The number of aliphatic hydroxyl groups is 1. The van der Waals surface area contributed by atoms with Crippen LogP contribution < -0.4 is 5.32 Å². The minimum Gasteiger partial charge on any atom is -0.459 e. The van der Waals surface area contributed by atoms with Crippen molar-refractivity contribution in [3.63, 3.8) is 0 Å². The molecule has 0 aromatic rings. The Morgan fingerprint density at radius 1 is 1.55 bits per heavy atom. The third-order valence-corrected chi connectivity index (χ3v) is 0.858. The fraction of sp³-hybridized carbons (Fsp3) is 0.667. The maximum Gasteiger partial charge on any atom is 0.396 e. The molecule has 0 aromatic carbocycles. The summed E-state index contributed by atoms with van der Waals surface area (Å²) in [5.74, 6) is -1.73. The summed E-state index contributed by atoms with van der Waals surface area (Å²) in [4.78, 5) is 21.1. The van der Waals surface area contributed by atoms with Crippen LogP contribution in [0.15, 0.2) is 0 Å². The van der Waals surface area contributed by atoms with Crippen LogP contribution in [-0.2, 0) is 14.3 Å². The Labute approximate surface area is 64.3 Å². The summed E-state index contributed by atoms with van der Waals surface area (Å²) < 4.78 is 4.37. The lowest BCUT2D eigenvalue weighted by Crippen LogP contribution is -2.34. The molecule has 0 saturated heterocycles. The first-order valence-electron chi connectivity index (χ1n) is 3.28. The van der Waals surface area contributed by atoms with E-state index >= 15 is 0 Å². The Kier molecular flexibility index (Phi) is 5.10. The van der Waals surface area contributed by atoms with Crippen molar-refractivity contribution in [2.45, 2.75) is 6.92 Å². The topological polar surface area (TPSA) is 75.6 Å². The van der Waals surface area contributed by atoms with Gasteiger partial charge in [-0.15, -0.1) is 0 Å². The normalized spacial score (nSPS) is 8.91. The number of carbonyl (C=O) groups excluding carboxylic acids is 2. The summed E-state index contributed by atoms with van der Waals surface area (Å²) in [6, 6.07) is 0. The summed E-state index contributed by atoms with van der Waals surface area (Å²) in [5.41, 5.74) is 0. The molecule has 5 nitrogen and oxygen atoms in total. The van der Waals surface area contributed by atoms with E-state index in [2.05, 4.69) is 10.1 Å². The number of hydrogen-bond acceptors (Lipinski definition) is 4. The van der Waals surface area contributed by atoms with Crippen molar-refractivity contribution in [3.05, 3.63) is 0 Å². The number of amides is 1. The van der Waals surface area contributed by atoms with Gasteiger partial charge < -0.3 is 15.2 Å². The second-order valence-electron chi connectivity index (χ2n) is 1.70. The molecule has 0 fully saturated rings. The minimum atomic E-state index is -0.916. The molecule has 5 heteroatoms. The average molecular weight is 161 g/mol. The van der Waals surface area contributed by atoms with Crippen molar-refractivity contribution in [1.29, 1.82) is 0 Å². The van der Waals surface area contributed by atoms with Gasteiger partial charge in [0.25, 0.3) is 0 Å². The lowest BCUT2D eigenvalue weighted by Gasteiger charge is -2.01. The molecule has 2 N–H and O–H groups in total. The molecule has 0 rings (SSSR count). The Bertz CT molecular complexity index is 146. The number of nitrogens with one attached hydrogen (secondary N) is 1. The molecule has 0 aromatic heterocycles. The number of esters is 1. The summed E-state index contributed by atoms with van der Waals surface area (Å²) >= 11 is 0. The molecule has 11 heavy (non-hydrogen) atoms. The molecule has 0 spiro atoms. The van der Waals surface area contributed by atoms with Crippen molar-refractivity contribution in [2.75, 3.05) is 19.8 Å². The van der Waals surface area contributed by atoms with E-state index in [0.29, 0.717) is 0 Å². The highest BCUT2D eigenvalue weighted by molar-refractivity contribution is 6.32. The molecule has 0 aliphatic carbocycles. The first-order chi connectivity index (χ1) is 5.22. The van der Waals surface area contributed by atoms with E-state index in [1.807, 2.05) is 0 Å². The van der Waals surface area contributed by atoms with Crippen LogP contribution >= 0.6 is 0 Å². The van der Waals surface area contributed by atoms with Gasteiger partial charge in [-0.2, -0.15) is 0 Å². The predicted molar refractivity (Wildman–Crippen MR) is 36.7 cm³/mol. The SMILES string of the molecule is CCOC(=O)C(=O)NCCO. The zero-order valence-corrected chi connectivity index (χ0v) is 6.29. The highest BCUT2D eigenvalue weighted by atomic mass is 16.5. The van der Waals surface area contributed by atoms with E-state index in [-0.39, 0.29) is 19.8 Å². The number of aliphatic hydroxyl groups excluding tert-OH is 1. The lowest BCUT2D eigenvalue weighted by molar-refractivity contribution is -0.154. The third-order valence-electron chi connectivity index (χ3n) is 0.858. The van der Waals surface area contributed by atoms with E-state index in [4.69, 9.17) is 5.11 Å². The average Bonchev–Trinajstić information content (AvgIpc) is 2.00. The Morgan fingerprint density at radius 3 is 2.64 bits per heavy atom. The molecule has 0 saturated carbocycles. The fourth-order valence-corrected chi connectivity index (χ4v) is 0.438. The van der Waals surface area contributed by atoms with Crippen LogP contribution in [0.4, 0.5) is 0 Å². The standard InChI is InChI=1S/C6H11NO4/c1-2-11-6(10)5(9)7-3-4-8/h8H,2-4H2,1H3,(H,7,9). The van der Waals surface area contributed by atoms with Crippen LogP contribution in [0, 0.1) is 0 Å². The Hall–Kier alpha value is -1.10. The molecular formula is C6H11NO4. The molecule has 0 atom stereocenters. The van der Waals surface area contributed by atoms with Crippen LogP contribution in [0.1, 0.15) is 6.92 Å². The van der Waals surface area contributed by atoms with Crippen molar-refractivity contribution >= 4 is 11.9 Å². The van der Waals surface area contributed by atoms with Crippen molar-refractivity contribution in [2.24, 2.45) is 0 Å². The maximum absolute atomic E-state index is 10.6. The first kappa shape index (κ1) is 9.90. The highest BCUT2D eigenvalue weighted by Gasteiger charge is 2.12. The molecular weight excluding hydrogens is 150 g/mol. The number of hydrogen-bond donors (Lipinski definition) is 2. The van der Waals surface area contributed by atoms with Gasteiger partial charge in [-0.1, -0.05) is 0 Å². The Morgan fingerprint density at radius 2 is 2.18 bits per heavy atom. The van der Waals surface area contributed by atoms with Crippen LogP contribution in [0.3, 0.4) is 0 Å². The van der Waals surface area contributed by atoms with Gasteiger partial charge in [0.1, 0.15) is 0 Å². The molecule has 0 unspecified atom stereocenters. The molecule has 0 aliphatic heterocycles. The molecule has 0 heterocycles. The maximum atomic E-state index is 10.6. The van der Waals surface area contributed by atoms with E-state index in [1.54, 1.807) is 6.92 Å². The number of rotatable bonds is 3. The van der Waals surface area contributed by atoms with Gasteiger partial charge >= 0.3 is 11.9 Å². The largest absolute Gasteiger partial charge is 0.459 e. The number of ether oxygens (including phenoxy) is 1. The zero-order chi connectivity index (χ0) is 8.69. The van der Waals surface area contributed by atoms with Gasteiger partial charge in [0.15, 0.2) is 0 Å². The van der Waals surface area contributed by atoms with Crippen molar-refractivity contribution in [3.8, 4) is 0 Å². The summed E-state index contributed by atoms with van der Waals surface area (Å²) in [6.07, 6.45) is 0. The minimum absolute atomic E-state index is 0.0671. The van der Waals surface area contributed by atoms with E-state index in [0.717, 1.165) is 0 Å². The summed E-state index contributed by atoms with van der Waals surface area (Å²) in [5, 5.41) is 10.4. The summed E-state index contributed by atoms with van der Waals surface area (Å²) in [6.45, 7) is 1.66. The Balaban J connectivity index is 3.56. The van der Waals surface area contributed by atoms with Crippen LogP contribution in [0.2, 0.25) is 0 Å². The lowest BCUT2D eigenvalue weighted by atomic mass is 10.5. The van der Waals surface area contributed by atoms with E-state index in [1.165, 1.54) is 0 Å². The monoisotopic (exact) mass is 161 g/mol. The van der Waals surface area contributed by atoms with E-state index < -0.39 is 11.9 Å². The molecule has 1 amide bonds. The second kappa shape index (κ2) is 5.67. The van der Waals surface area contributed by atoms with E-state index in [9.17, 15) is 9.59 Å². The summed E-state index contributed by atoms with van der Waals surface area (Å²) in [7, 11) is 0. The molecule has 0 bridgehead atoms.